The Labute approximate surface area is 405 Å². The monoisotopic (exact) mass is 929 g/mol. The van der Waals surface area contributed by atoms with Crippen molar-refractivity contribution in [1.82, 2.24) is 0 Å². The third-order valence-corrected chi connectivity index (χ3v) is 11.5. The molecule has 0 aliphatic carbocycles. The number of likely N-dealkylation sites (N-methyl/N-ethyl adjacent to an activating group) is 1. The van der Waals surface area contributed by atoms with Crippen molar-refractivity contribution >= 4 is 17.9 Å². The topological polar surface area (TPSA) is 108 Å². The van der Waals surface area contributed by atoms with Crippen LogP contribution in [0.5, 0.6) is 0 Å². The lowest BCUT2D eigenvalue weighted by atomic mass is 10.0. The second-order valence-corrected chi connectivity index (χ2v) is 19.2. The molecule has 1 N–H and O–H groups in total. The van der Waals surface area contributed by atoms with Crippen LogP contribution in [-0.2, 0) is 33.3 Å². The molecule has 0 aliphatic rings. The molecule has 0 spiro atoms. The van der Waals surface area contributed by atoms with Crippen molar-refractivity contribution in [3.8, 4) is 0 Å². The maximum Gasteiger partial charge on any atom is 0.361 e. The van der Waals surface area contributed by atoms with E-state index in [1.54, 1.807) is 0 Å². The average Bonchev–Trinajstić information content (AvgIpc) is 3.28. The molecule has 0 aliphatic heterocycles. The first kappa shape index (κ1) is 63.0. The predicted molar refractivity (Wildman–Crippen MR) is 276 cm³/mol. The summed E-state index contributed by atoms with van der Waals surface area (Å²) < 4.78 is 22.8. The summed E-state index contributed by atoms with van der Waals surface area (Å²) in [5, 5.41) is 9.67. The molecule has 0 fully saturated rings. The number of hydrogen-bond donors (Lipinski definition) is 1. The third kappa shape index (κ3) is 48.9. The van der Waals surface area contributed by atoms with E-state index in [4.69, 9.17) is 18.9 Å². The molecule has 2 atom stereocenters. The molecule has 0 aromatic rings. The molecule has 0 saturated carbocycles. The van der Waals surface area contributed by atoms with Crippen LogP contribution in [0.2, 0.25) is 0 Å². The van der Waals surface area contributed by atoms with Crippen molar-refractivity contribution in [2.45, 2.75) is 238 Å². The fraction of sp³-hybridized carbons (Fsp3) is 0.772. The van der Waals surface area contributed by atoms with Crippen LogP contribution < -0.4 is 0 Å². The van der Waals surface area contributed by atoms with Gasteiger partial charge in [-0.2, -0.15) is 0 Å². The number of ether oxygens (including phenoxy) is 4. The van der Waals surface area contributed by atoms with Crippen LogP contribution in [0.3, 0.4) is 0 Å². The molecule has 0 rings (SSSR count). The van der Waals surface area contributed by atoms with Gasteiger partial charge in [0.15, 0.2) is 6.10 Å². The summed E-state index contributed by atoms with van der Waals surface area (Å²) in [6, 6.07) is 0. The Balaban J connectivity index is 4.23. The zero-order valence-electron chi connectivity index (χ0n) is 43.3. The van der Waals surface area contributed by atoms with Gasteiger partial charge < -0.3 is 28.5 Å². The van der Waals surface area contributed by atoms with E-state index in [2.05, 4.69) is 74.6 Å². The van der Waals surface area contributed by atoms with Gasteiger partial charge >= 0.3 is 17.9 Å². The van der Waals surface area contributed by atoms with E-state index < -0.39 is 24.3 Å². The van der Waals surface area contributed by atoms with Crippen molar-refractivity contribution < 1.29 is 42.9 Å². The molecule has 66 heavy (non-hydrogen) atoms. The first-order chi connectivity index (χ1) is 32.1. The van der Waals surface area contributed by atoms with Crippen LogP contribution >= 0.6 is 0 Å². The molecule has 0 bridgehead atoms. The Morgan fingerprint density at radius 2 is 0.864 bits per heavy atom. The standard InChI is InChI=1S/C57H101NO8/c1-6-8-10-12-14-16-18-20-22-23-24-25-26-27-28-29-30-31-32-33-34-36-38-40-42-44-46-48-55(60)66-53(52-65-57(56(61)62)63-50-49-58(3,4)5)51-64-54(59)47-45-43-41-39-37-35-21-19-17-15-13-11-9-7-2/h8,10,14,16,19-22,24-25,53,57H,6-7,9,11-13,15,17-18,23,26-52H2,1-5H3/p+1/b10-8-,16-14-,21-19-,22-20-,25-24-. The smallest absolute Gasteiger partial charge is 0.361 e. The van der Waals surface area contributed by atoms with Gasteiger partial charge in [0.1, 0.15) is 13.2 Å². The highest BCUT2D eigenvalue weighted by Gasteiger charge is 2.25. The van der Waals surface area contributed by atoms with Crippen LogP contribution in [-0.4, -0.2) is 87.4 Å². The lowest BCUT2D eigenvalue weighted by Gasteiger charge is -2.25. The summed E-state index contributed by atoms with van der Waals surface area (Å²) in [5.41, 5.74) is 0. The van der Waals surface area contributed by atoms with Crippen LogP contribution in [0.1, 0.15) is 226 Å². The maximum atomic E-state index is 12.8. The lowest BCUT2D eigenvalue weighted by molar-refractivity contribution is -0.870. The van der Waals surface area contributed by atoms with Crippen LogP contribution in [0, 0.1) is 0 Å². The van der Waals surface area contributed by atoms with Gasteiger partial charge in [-0.3, -0.25) is 9.59 Å². The Morgan fingerprint density at radius 3 is 1.30 bits per heavy atom. The van der Waals surface area contributed by atoms with E-state index in [1.165, 1.54) is 116 Å². The number of unbranched alkanes of at least 4 members (excludes halogenated alkanes) is 24. The van der Waals surface area contributed by atoms with E-state index in [1.807, 2.05) is 21.1 Å². The molecule has 9 nitrogen and oxygen atoms in total. The van der Waals surface area contributed by atoms with Crippen LogP contribution in [0.25, 0.3) is 0 Å². The van der Waals surface area contributed by atoms with Gasteiger partial charge in [-0.05, 0) is 77.0 Å². The average molecular weight is 929 g/mol. The number of hydrogen-bond acceptors (Lipinski definition) is 7. The Bertz CT molecular complexity index is 1270. The molecule has 2 unspecified atom stereocenters. The SMILES string of the molecule is CC/C=C\C/C=C\C/C=C\C/C=C\CCCCCCCCCCCCCCCCC(=O)OC(COC(=O)CCCCCCC/C=C\CCCCCCC)COC(OCC[N+](C)(C)C)C(=O)O. The summed E-state index contributed by atoms with van der Waals surface area (Å²) in [5.74, 6) is -2.01. The summed E-state index contributed by atoms with van der Waals surface area (Å²) in [6.07, 6.45) is 57.2. The summed E-state index contributed by atoms with van der Waals surface area (Å²) in [7, 11) is 5.96. The molecule has 0 radical (unpaired) electrons. The number of carbonyl (C=O) groups excluding carboxylic acids is 2. The van der Waals surface area contributed by atoms with Crippen LogP contribution in [0.4, 0.5) is 0 Å². The molecule has 0 heterocycles. The van der Waals surface area contributed by atoms with Gasteiger partial charge in [-0.1, -0.05) is 197 Å². The number of quaternary nitrogens is 1. The summed E-state index contributed by atoms with van der Waals surface area (Å²) in [4.78, 5) is 37.3. The van der Waals surface area contributed by atoms with Gasteiger partial charge in [0.2, 0.25) is 0 Å². The minimum absolute atomic E-state index is 0.185. The number of carboxylic acid groups (broad SMARTS) is 1. The van der Waals surface area contributed by atoms with Gasteiger partial charge in [-0.15, -0.1) is 0 Å². The van der Waals surface area contributed by atoms with E-state index >= 15 is 0 Å². The van der Waals surface area contributed by atoms with E-state index in [0.717, 1.165) is 83.5 Å². The second kappa shape index (κ2) is 48.4. The Hall–Kier alpha value is -3.01. The number of aliphatic carboxylic acids is 1. The minimum Gasteiger partial charge on any atom is -0.477 e. The van der Waals surface area contributed by atoms with Crippen molar-refractivity contribution in [2.24, 2.45) is 0 Å². The fourth-order valence-electron chi connectivity index (χ4n) is 7.35. The first-order valence-electron chi connectivity index (χ1n) is 27.0. The number of carboxylic acids is 1. The first-order valence-corrected chi connectivity index (χ1v) is 27.0. The van der Waals surface area contributed by atoms with Crippen LogP contribution in [0.15, 0.2) is 60.8 Å². The van der Waals surface area contributed by atoms with E-state index in [0.29, 0.717) is 17.4 Å². The molecule has 0 aromatic carbocycles. The zero-order chi connectivity index (χ0) is 48.4. The van der Waals surface area contributed by atoms with Gasteiger partial charge in [0.25, 0.3) is 6.29 Å². The van der Waals surface area contributed by atoms with Crippen molar-refractivity contribution in [3.05, 3.63) is 60.8 Å². The minimum atomic E-state index is -1.51. The Kier molecular flexibility index (Phi) is 46.2. The maximum absolute atomic E-state index is 12.8. The number of rotatable bonds is 49. The van der Waals surface area contributed by atoms with Crippen molar-refractivity contribution in [1.29, 1.82) is 0 Å². The normalized spacial score (nSPS) is 13.3. The van der Waals surface area contributed by atoms with E-state index in [-0.39, 0.29) is 32.2 Å². The molecule has 0 amide bonds. The molecule has 0 aromatic heterocycles. The van der Waals surface area contributed by atoms with Gasteiger partial charge in [0, 0.05) is 12.8 Å². The third-order valence-electron chi connectivity index (χ3n) is 11.5. The highest BCUT2D eigenvalue weighted by molar-refractivity contribution is 5.71. The largest absolute Gasteiger partial charge is 0.477 e. The number of esters is 2. The van der Waals surface area contributed by atoms with E-state index in [9.17, 15) is 19.5 Å². The zero-order valence-corrected chi connectivity index (χ0v) is 43.3. The lowest BCUT2D eigenvalue weighted by Crippen LogP contribution is -2.40. The highest BCUT2D eigenvalue weighted by Crippen LogP contribution is 2.16. The van der Waals surface area contributed by atoms with Gasteiger partial charge in [-0.25, -0.2) is 4.79 Å². The molecular weight excluding hydrogens is 827 g/mol. The fourth-order valence-corrected chi connectivity index (χ4v) is 7.35. The van der Waals surface area contributed by atoms with Gasteiger partial charge in [0.05, 0.1) is 34.4 Å². The molecule has 0 saturated heterocycles. The highest BCUT2D eigenvalue weighted by atomic mass is 16.7. The van der Waals surface area contributed by atoms with Crippen molar-refractivity contribution in [3.63, 3.8) is 0 Å². The summed E-state index contributed by atoms with van der Waals surface area (Å²) in [6.45, 7) is 4.75. The second-order valence-electron chi connectivity index (χ2n) is 19.2. The number of carbonyl (C=O) groups is 3. The molecule has 9 heteroatoms. The quantitative estimate of drug-likeness (QED) is 0.0211. The van der Waals surface area contributed by atoms with Crippen molar-refractivity contribution in [2.75, 3.05) is 47.5 Å². The number of allylic oxidation sites excluding steroid dienone is 10. The molecular formula is C57H102NO8+. The predicted octanol–water partition coefficient (Wildman–Crippen LogP) is 15.3. The Morgan fingerprint density at radius 1 is 0.470 bits per heavy atom. The number of nitrogens with zero attached hydrogens (tertiary/aromatic N) is 1. The molecule has 382 valence electrons. The summed E-state index contributed by atoms with van der Waals surface area (Å²) >= 11 is 0.